The summed E-state index contributed by atoms with van der Waals surface area (Å²) in [7, 11) is 0. The van der Waals surface area contributed by atoms with Crippen LogP contribution in [0.1, 0.15) is 33.2 Å². The molecule has 3 aromatic heterocycles. The smallest absolute Gasteiger partial charge is 0.328 e. The standard InChI is InChI=1S/C17H18ClFN4O2/c1-4-12(17(2,3)25)23-14-13(11-6-5-9(19)7-20-11)10(18)8-21-15(14)22-16(23)24/h5-8,12,25H,4H2,1-3H3,(H,21,22,24)/t12-/m1/s1. The van der Waals surface area contributed by atoms with Gasteiger partial charge in [-0.05, 0) is 32.4 Å². The number of hydrogen-bond acceptors (Lipinski definition) is 4. The number of nitrogens with zero attached hydrogens (tertiary/aromatic N) is 3. The summed E-state index contributed by atoms with van der Waals surface area (Å²) >= 11 is 6.33. The number of hydrogen-bond donors (Lipinski definition) is 2. The van der Waals surface area contributed by atoms with Gasteiger partial charge in [0.1, 0.15) is 5.82 Å². The first kappa shape index (κ1) is 17.6. The van der Waals surface area contributed by atoms with Crippen LogP contribution >= 0.6 is 11.6 Å². The summed E-state index contributed by atoms with van der Waals surface area (Å²) in [5, 5.41) is 10.8. The lowest BCUT2D eigenvalue weighted by atomic mass is 9.96. The van der Waals surface area contributed by atoms with E-state index in [1.54, 1.807) is 13.8 Å². The summed E-state index contributed by atoms with van der Waals surface area (Å²) in [6, 6.07) is 2.25. The van der Waals surface area contributed by atoms with Gasteiger partial charge < -0.3 is 5.11 Å². The molecule has 0 fully saturated rings. The zero-order valence-electron chi connectivity index (χ0n) is 14.0. The molecule has 0 aliphatic heterocycles. The molecule has 8 heteroatoms. The molecule has 0 aromatic carbocycles. The maximum atomic E-state index is 13.2. The molecule has 1 atom stereocenters. The van der Waals surface area contributed by atoms with Crippen LogP contribution in [0, 0.1) is 5.82 Å². The molecule has 3 aromatic rings. The van der Waals surface area contributed by atoms with Gasteiger partial charge in [-0.2, -0.15) is 0 Å². The van der Waals surface area contributed by atoms with Crippen molar-refractivity contribution in [2.75, 3.05) is 0 Å². The second-order valence-electron chi connectivity index (χ2n) is 6.42. The van der Waals surface area contributed by atoms with Crippen molar-refractivity contribution < 1.29 is 9.50 Å². The number of fused-ring (bicyclic) bond motifs is 1. The van der Waals surface area contributed by atoms with Crippen molar-refractivity contribution in [1.82, 2.24) is 19.5 Å². The number of aliphatic hydroxyl groups is 1. The van der Waals surface area contributed by atoms with Gasteiger partial charge in [-0.25, -0.2) is 14.2 Å². The molecule has 3 heterocycles. The van der Waals surface area contributed by atoms with Crippen molar-refractivity contribution >= 4 is 22.8 Å². The van der Waals surface area contributed by atoms with Crippen molar-refractivity contribution in [2.24, 2.45) is 0 Å². The molecule has 0 unspecified atom stereocenters. The number of rotatable bonds is 4. The number of imidazole rings is 1. The van der Waals surface area contributed by atoms with E-state index < -0.39 is 23.1 Å². The highest BCUT2D eigenvalue weighted by Crippen LogP contribution is 2.35. The predicted octanol–water partition coefficient (Wildman–Crippen LogP) is 3.30. The quantitative estimate of drug-likeness (QED) is 0.744. The van der Waals surface area contributed by atoms with E-state index in [9.17, 15) is 14.3 Å². The Balaban J connectivity index is 2.40. The molecule has 0 bridgehead atoms. The van der Waals surface area contributed by atoms with Gasteiger partial charge >= 0.3 is 5.69 Å². The number of aromatic nitrogens is 4. The first-order chi connectivity index (χ1) is 11.7. The second-order valence-corrected chi connectivity index (χ2v) is 6.83. The van der Waals surface area contributed by atoms with Crippen LogP contribution in [-0.4, -0.2) is 30.2 Å². The van der Waals surface area contributed by atoms with Crippen molar-refractivity contribution in [1.29, 1.82) is 0 Å². The molecule has 0 spiro atoms. The van der Waals surface area contributed by atoms with E-state index >= 15 is 0 Å². The Kier molecular flexibility index (Phi) is 4.38. The minimum absolute atomic E-state index is 0.282. The average Bonchev–Trinajstić information content (AvgIpc) is 2.85. The molecule has 0 saturated heterocycles. The van der Waals surface area contributed by atoms with Crippen LogP contribution in [0.3, 0.4) is 0 Å². The summed E-state index contributed by atoms with van der Waals surface area (Å²) in [6.45, 7) is 5.15. The maximum Gasteiger partial charge on any atom is 0.328 e. The molecule has 6 nitrogen and oxygen atoms in total. The third kappa shape index (κ3) is 3.05. The topological polar surface area (TPSA) is 83.8 Å². The molecule has 25 heavy (non-hydrogen) atoms. The lowest BCUT2D eigenvalue weighted by Crippen LogP contribution is -2.37. The van der Waals surface area contributed by atoms with Gasteiger partial charge in [0.2, 0.25) is 0 Å². The first-order valence-corrected chi connectivity index (χ1v) is 8.24. The fourth-order valence-corrected chi connectivity index (χ4v) is 3.37. The van der Waals surface area contributed by atoms with Crippen LogP contribution in [0.5, 0.6) is 0 Å². The summed E-state index contributed by atoms with van der Waals surface area (Å²) < 4.78 is 14.7. The van der Waals surface area contributed by atoms with E-state index in [4.69, 9.17) is 11.6 Å². The number of halogens is 2. The number of nitrogens with one attached hydrogen (secondary N) is 1. The van der Waals surface area contributed by atoms with E-state index in [-0.39, 0.29) is 5.02 Å². The zero-order valence-corrected chi connectivity index (χ0v) is 14.8. The Labute approximate surface area is 148 Å². The van der Waals surface area contributed by atoms with Crippen LogP contribution in [0.2, 0.25) is 5.02 Å². The second kappa shape index (κ2) is 6.24. The maximum absolute atomic E-state index is 13.2. The van der Waals surface area contributed by atoms with Crippen LogP contribution < -0.4 is 5.69 Å². The lowest BCUT2D eigenvalue weighted by molar-refractivity contribution is 0.0217. The van der Waals surface area contributed by atoms with Crippen molar-refractivity contribution in [3.05, 3.63) is 45.9 Å². The van der Waals surface area contributed by atoms with Crippen LogP contribution in [0.4, 0.5) is 4.39 Å². The fourth-order valence-electron chi connectivity index (χ4n) is 3.13. The third-order valence-corrected chi connectivity index (χ3v) is 4.48. The third-order valence-electron chi connectivity index (χ3n) is 4.19. The molecule has 2 N–H and O–H groups in total. The van der Waals surface area contributed by atoms with Gasteiger partial charge in [-0.15, -0.1) is 0 Å². The summed E-state index contributed by atoms with van der Waals surface area (Å²) in [5.74, 6) is -0.473. The van der Waals surface area contributed by atoms with Crippen LogP contribution in [0.15, 0.2) is 29.3 Å². The van der Waals surface area contributed by atoms with Gasteiger partial charge in [0.05, 0.1) is 34.1 Å². The van der Waals surface area contributed by atoms with E-state index in [1.807, 2.05) is 6.92 Å². The monoisotopic (exact) mass is 364 g/mol. The Morgan fingerprint density at radius 1 is 1.36 bits per heavy atom. The van der Waals surface area contributed by atoms with Gasteiger partial charge in [-0.3, -0.25) is 14.5 Å². The Bertz CT molecular complexity index is 973. The number of aromatic amines is 1. The van der Waals surface area contributed by atoms with Gasteiger partial charge in [0.15, 0.2) is 5.65 Å². The zero-order chi connectivity index (χ0) is 18.4. The van der Waals surface area contributed by atoms with E-state index in [2.05, 4.69) is 15.0 Å². The number of pyridine rings is 2. The highest BCUT2D eigenvalue weighted by molar-refractivity contribution is 6.34. The SMILES string of the molecule is CC[C@@H](n1c(=O)[nH]c2ncc(Cl)c(-c3ccc(F)cn3)c21)C(C)(C)O. The molecule has 0 amide bonds. The molecule has 0 aliphatic carbocycles. The highest BCUT2D eigenvalue weighted by Gasteiger charge is 2.31. The molecular formula is C17H18ClFN4O2. The molecule has 0 radical (unpaired) electrons. The molecule has 0 aliphatic rings. The minimum atomic E-state index is -1.15. The molecule has 0 saturated carbocycles. The van der Waals surface area contributed by atoms with Crippen molar-refractivity contribution in [3.8, 4) is 11.3 Å². The lowest BCUT2D eigenvalue weighted by Gasteiger charge is -2.29. The largest absolute Gasteiger partial charge is 0.388 e. The van der Waals surface area contributed by atoms with Gasteiger partial charge in [0.25, 0.3) is 0 Å². The summed E-state index contributed by atoms with van der Waals surface area (Å²) in [6.07, 6.45) is 3.01. The average molecular weight is 365 g/mol. The Hall–Kier alpha value is -2.25. The van der Waals surface area contributed by atoms with E-state index in [0.29, 0.717) is 28.8 Å². The van der Waals surface area contributed by atoms with Crippen LogP contribution in [-0.2, 0) is 0 Å². The number of H-pyrrole nitrogens is 1. The van der Waals surface area contributed by atoms with Gasteiger partial charge in [-0.1, -0.05) is 18.5 Å². The Morgan fingerprint density at radius 3 is 2.64 bits per heavy atom. The van der Waals surface area contributed by atoms with Crippen molar-refractivity contribution in [2.45, 2.75) is 38.8 Å². The summed E-state index contributed by atoms with van der Waals surface area (Å²) in [4.78, 5) is 23.5. The normalized spacial score (nSPS) is 13.4. The molecule has 3 rings (SSSR count). The minimum Gasteiger partial charge on any atom is -0.388 e. The molecule has 132 valence electrons. The first-order valence-electron chi connectivity index (χ1n) is 7.87. The van der Waals surface area contributed by atoms with Crippen molar-refractivity contribution in [3.63, 3.8) is 0 Å². The summed E-state index contributed by atoms with van der Waals surface area (Å²) in [5.41, 5.74) is 0.0968. The van der Waals surface area contributed by atoms with E-state index in [0.717, 1.165) is 6.20 Å². The Morgan fingerprint density at radius 2 is 2.08 bits per heavy atom. The highest BCUT2D eigenvalue weighted by atomic mass is 35.5. The fraction of sp³-hybridized carbons (Fsp3) is 0.353. The van der Waals surface area contributed by atoms with Gasteiger partial charge in [0, 0.05) is 11.8 Å². The molecular weight excluding hydrogens is 347 g/mol. The van der Waals surface area contributed by atoms with Crippen LogP contribution in [0.25, 0.3) is 22.4 Å². The van der Waals surface area contributed by atoms with E-state index in [1.165, 1.54) is 22.9 Å². The predicted molar refractivity (Wildman–Crippen MR) is 94.2 cm³/mol.